The molecule has 0 rings (SSSR count). The van der Waals surface area contributed by atoms with Crippen LogP contribution in [-0.2, 0) is 9.59 Å². The summed E-state index contributed by atoms with van der Waals surface area (Å²) in [6.45, 7) is 11.0. The highest BCUT2D eigenvalue weighted by atomic mass is 32.1. The Morgan fingerprint density at radius 2 is 1.13 bits per heavy atom. The molecule has 0 spiro atoms. The van der Waals surface area contributed by atoms with Crippen molar-refractivity contribution >= 4 is 23.7 Å². The molecular formula is C32H63NO4S. The molecule has 0 fully saturated rings. The number of nitrogens with zero attached hydrogens (tertiary/aromatic N) is 1. The summed E-state index contributed by atoms with van der Waals surface area (Å²) in [6.07, 6.45) is 22.3. The lowest BCUT2D eigenvalue weighted by Crippen LogP contribution is -2.46. The van der Waals surface area contributed by atoms with E-state index in [1.54, 1.807) is 0 Å². The lowest BCUT2D eigenvalue weighted by Gasteiger charge is -2.36. The van der Waals surface area contributed by atoms with Crippen LogP contribution in [0.2, 0.25) is 0 Å². The van der Waals surface area contributed by atoms with Crippen molar-refractivity contribution in [1.29, 1.82) is 0 Å². The van der Waals surface area contributed by atoms with Crippen molar-refractivity contribution in [3.63, 3.8) is 0 Å². The zero-order valence-corrected chi connectivity index (χ0v) is 26.4. The molecule has 38 heavy (non-hydrogen) atoms. The minimum absolute atomic E-state index is 0.375. The number of carboxylic acids is 1. The van der Waals surface area contributed by atoms with Gasteiger partial charge in [0.1, 0.15) is 5.60 Å². The molecule has 0 aliphatic carbocycles. The molecule has 0 aliphatic rings. The van der Waals surface area contributed by atoms with Crippen molar-refractivity contribution in [3.05, 3.63) is 0 Å². The SMILES string of the molecule is CCCCCCCCCCCCCCC(CCC(CC)N(CCCC)CCCC)C(O)(CC(=O)O)C(=O)S. The van der Waals surface area contributed by atoms with Gasteiger partial charge in [-0.1, -0.05) is 118 Å². The molecule has 0 aromatic carbocycles. The van der Waals surface area contributed by atoms with Gasteiger partial charge in [-0.05, 0) is 57.5 Å². The van der Waals surface area contributed by atoms with Crippen LogP contribution in [0.4, 0.5) is 0 Å². The van der Waals surface area contributed by atoms with Crippen LogP contribution >= 0.6 is 12.6 Å². The second kappa shape index (κ2) is 24.2. The topological polar surface area (TPSA) is 77.8 Å². The molecule has 0 bridgehead atoms. The quantitative estimate of drug-likeness (QED) is 0.0661. The molecule has 0 saturated carbocycles. The first-order valence-electron chi connectivity index (χ1n) is 16.2. The Hall–Kier alpha value is -0.590. The summed E-state index contributed by atoms with van der Waals surface area (Å²) in [4.78, 5) is 26.6. The maximum absolute atomic E-state index is 12.4. The zero-order valence-electron chi connectivity index (χ0n) is 25.5. The van der Waals surface area contributed by atoms with Crippen LogP contribution in [0.3, 0.4) is 0 Å². The first kappa shape index (κ1) is 37.4. The van der Waals surface area contributed by atoms with Gasteiger partial charge in [0.05, 0.1) is 6.42 Å². The van der Waals surface area contributed by atoms with Crippen LogP contribution in [0, 0.1) is 5.92 Å². The Morgan fingerprint density at radius 3 is 1.53 bits per heavy atom. The van der Waals surface area contributed by atoms with Gasteiger partial charge in [-0.3, -0.25) is 9.59 Å². The second-order valence-corrected chi connectivity index (χ2v) is 12.0. The number of carboxylic acid groups (broad SMARTS) is 1. The highest BCUT2D eigenvalue weighted by molar-refractivity contribution is 7.96. The minimum Gasteiger partial charge on any atom is -0.481 e. The average molecular weight is 558 g/mol. The number of thiol groups is 1. The fourth-order valence-corrected chi connectivity index (χ4v) is 5.98. The largest absolute Gasteiger partial charge is 0.481 e. The fraction of sp³-hybridized carbons (Fsp3) is 0.938. The predicted octanol–water partition coefficient (Wildman–Crippen LogP) is 8.82. The smallest absolute Gasteiger partial charge is 0.306 e. The van der Waals surface area contributed by atoms with Crippen molar-refractivity contribution in [2.45, 2.75) is 174 Å². The van der Waals surface area contributed by atoms with E-state index in [0.717, 1.165) is 58.0 Å². The van der Waals surface area contributed by atoms with Crippen LogP contribution in [0.1, 0.15) is 163 Å². The third-order valence-corrected chi connectivity index (χ3v) is 8.69. The van der Waals surface area contributed by atoms with Crippen molar-refractivity contribution in [2.75, 3.05) is 13.1 Å². The molecule has 3 atom stereocenters. The number of rotatable bonds is 28. The van der Waals surface area contributed by atoms with Crippen LogP contribution < -0.4 is 0 Å². The van der Waals surface area contributed by atoms with E-state index in [1.807, 2.05) is 0 Å². The van der Waals surface area contributed by atoms with Crippen molar-refractivity contribution in [1.82, 2.24) is 4.90 Å². The Morgan fingerprint density at radius 1 is 0.684 bits per heavy atom. The van der Waals surface area contributed by atoms with E-state index in [1.165, 1.54) is 70.6 Å². The van der Waals surface area contributed by atoms with Gasteiger partial charge in [-0.15, -0.1) is 12.6 Å². The monoisotopic (exact) mass is 557 g/mol. The van der Waals surface area contributed by atoms with Crippen LogP contribution in [0.15, 0.2) is 0 Å². The fourth-order valence-electron chi connectivity index (χ4n) is 5.72. The summed E-state index contributed by atoms with van der Waals surface area (Å²) in [6, 6.07) is 0.390. The lowest BCUT2D eigenvalue weighted by molar-refractivity contribution is -0.152. The van der Waals surface area contributed by atoms with Crippen LogP contribution in [-0.4, -0.2) is 50.9 Å². The number of unbranched alkanes of at least 4 members (excludes halogenated alkanes) is 13. The van der Waals surface area contributed by atoms with Gasteiger partial charge in [0.2, 0.25) is 5.12 Å². The van der Waals surface area contributed by atoms with Gasteiger partial charge < -0.3 is 15.1 Å². The number of carbonyl (C=O) groups excluding carboxylic acids is 1. The number of aliphatic hydroxyl groups is 1. The molecule has 3 unspecified atom stereocenters. The van der Waals surface area contributed by atoms with E-state index in [4.69, 9.17) is 0 Å². The summed E-state index contributed by atoms with van der Waals surface area (Å²) in [5.74, 6) is -1.52. The van der Waals surface area contributed by atoms with E-state index >= 15 is 0 Å². The molecule has 0 aromatic heterocycles. The molecule has 0 amide bonds. The molecule has 0 heterocycles. The summed E-state index contributed by atoms with van der Waals surface area (Å²) >= 11 is 3.97. The van der Waals surface area contributed by atoms with E-state index in [0.29, 0.717) is 18.9 Å². The first-order valence-corrected chi connectivity index (χ1v) is 16.6. The Labute approximate surface area is 241 Å². The van der Waals surface area contributed by atoms with Crippen molar-refractivity contribution in [3.8, 4) is 0 Å². The number of hydrogen-bond donors (Lipinski definition) is 3. The third kappa shape index (κ3) is 17.2. The van der Waals surface area contributed by atoms with Gasteiger partial charge in [-0.25, -0.2) is 0 Å². The molecule has 0 aromatic rings. The summed E-state index contributed by atoms with van der Waals surface area (Å²) in [7, 11) is 0. The molecule has 5 nitrogen and oxygen atoms in total. The van der Waals surface area contributed by atoms with Crippen molar-refractivity contribution in [2.24, 2.45) is 5.92 Å². The molecule has 226 valence electrons. The summed E-state index contributed by atoms with van der Waals surface area (Å²) < 4.78 is 0. The Bertz CT molecular complexity index is 580. The predicted molar refractivity (Wildman–Crippen MR) is 165 cm³/mol. The Balaban J connectivity index is 4.92. The maximum atomic E-state index is 12.4. The minimum atomic E-state index is -1.90. The van der Waals surface area contributed by atoms with E-state index in [9.17, 15) is 19.8 Å². The number of aliphatic carboxylic acids is 1. The van der Waals surface area contributed by atoms with Crippen LogP contribution in [0.25, 0.3) is 0 Å². The molecule has 0 aliphatic heterocycles. The molecular weight excluding hydrogens is 494 g/mol. The van der Waals surface area contributed by atoms with Gasteiger partial charge in [0.25, 0.3) is 0 Å². The standard InChI is InChI=1S/C32H63NO4S/c1-5-9-12-13-14-15-16-17-18-19-20-21-22-28(32(37,31(36)38)27-30(34)35)23-24-29(8-4)33(25-10-6-2)26-11-7-3/h28-29,37H,5-27H2,1-4H3,(H,34,35)(H,36,38). The lowest BCUT2D eigenvalue weighted by atomic mass is 9.78. The van der Waals surface area contributed by atoms with Gasteiger partial charge in [0, 0.05) is 6.04 Å². The average Bonchev–Trinajstić information content (AvgIpc) is 2.88. The number of carbonyl (C=O) groups is 2. The molecule has 0 saturated heterocycles. The van der Waals surface area contributed by atoms with Gasteiger partial charge in [-0.2, -0.15) is 0 Å². The third-order valence-electron chi connectivity index (χ3n) is 8.31. The van der Waals surface area contributed by atoms with E-state index in [-0.39, 0.29) is 5.92 Å². The van der Waals surface area contributed by atoms with E-state index < -0.39 is 23.1 Å². The Kier molecular flexibility index (Phi) is 23.9. The van der Waals surface area contributed by atoms with Crippen molar-refractivity contribution < 1.29 is 19.8 Å². The van der Waals surface area contributed by atoms with E-state index in [2.05, 4.69) is 45.2 Å². The highest BCUT2D eigenvalue weighted by Gasteiger charge is 2.43. The summed E-state index contributed by atoms with van der Waals surface area (Å²) in [5, 5.41) is 20.1. The zero-order chi connectivity index (χ0) is 28.7. The first-order chi connectivity index (χ1) is 18.3. The molecule has 2 N–H and O–H groups in total. The number of hydrogen-bond acceptors (Lipinski definition) is 4. The van der Waals surface area contributed by atoms with Gasteiger partial charge >= 0.3 is 5.97 Å². The maximum Gasteiger partial charge on any atom is 0.306 e. The molecule has 6 heteroatoms. The normalized spacial score (nSPS) is 14.9. The highest BCUT2D eigenvalue weighted by Crippen LogP contribution is 2.34. The summed E-state index contributed by atoms with van der Waals surface area (Å²) in [5.41, 5.74) is -1.90. The van der Waals surface area contributed by atoms with Gasteiger partial charge in [0.15, 0.2) is 0 Å². The second-order valence-electron chi connectivity index (χ2n) is 11.6. The molecule has 0 radical (unpaired) electrons. The van der Waals surface area contributed by atoms with Crippen LogP contribution in [0.5, 0.6) is 0 Å².